The predicted molar refractivity (Wildman–Crippen MR) is 35.5 cm³/mol. The first-order valence-electron chi connectivity index (χ1n) is 3.47. The molecule has 1 aliphatic rings. The number of aliphatic hydroxyl groups excluding tert-OH is 1. The van der Waals surface area contributed by atoms with E-state index in [0.29, 0.717) is 13.0 Å². The van der Waals surface area contributed by atoms with Crippen LogP contribution in [0.5, 0.6) is 0 Å². The Kier molecular flexibility index (Phi) is 3.08. The second-order valence-electron chi connectivity index (χ2n) is 2.41. The van der Waals surface area contributed by atoms with E-state index >= 15 is 0 Å². The quantitative estimate of drug-likeness (QED) is 0.424. The largest absolute Gasteiger partial charge is 0.375 e. The Labute approximate surface area is 59.8 Å². The SMILES string of the molecule is OC(O)CC1CNCCO1. The second kappa shape index (κ2) is 3.88. The number of aliphatic hydroxyl groups is 2. The number of nitrogens with one attached hydrogen (secondary N) is 1. The van der Waals surface area contributed by atoms with Gasteiger partial charge >= 0.3 is 0 Å². The number of hydrogen-bond donors (Lipinski definition) is 3. The summed E-state index contributed by atoms with van der Waals surface area (Å²) in [6, 6.07) is 0. The number of ether oxygens (including phenoxy) is 1. The molecule has 0 aromatic carbocycles. The molecule has 10 heavy (non-hydrogen) atoms. The number of morpholine rings is 1. The van der Waals surface area contributed by atoms with Crippen LogP contribution in [-0.2, 0) is 4.74 Å². The minimum absolute atomic E-state index is 0.0336. The monoisotopic (exact) mass is 147 g/mol. The second-order valence-corrected chi connectivity index (χ2v) is 2.41. The summed E-state index contributed by atoms with van der Waals surface area (Å²) >= 11 is 0. The topological polar surface area (TPSA) is 61.7 Å². The lowest BCUT2D eigenvalue weighted by atomic mass is 10.2. The van der Waals surface area contributed by atoms with E-state index in [1.165, 1.54) is 0 Å². The van der Waals surface area contributed by atoms with Gasteiger partial charge in [0.05, 0.1) is 12.7 Å². The van der Waals surface area contributed by atoms with E-state index in [2.05, 4.69) is 5.32 Å². The lowest BCUT2D eigenvalue weighted by Crippen LogP contribution is -2.40. The molecule has 1 heterocycles. The molecule has 0 saturated carbocycles. The van der Waals surface area contributed by atoms with Crippen LogP contribution in [0.25, 0.3) is 0 Å². The molecule has 4 nitrogen and oxygen atoms in total. The number of rotatable bonds is 2. The third-order valence-corrected chi connectivity index (χ3v) is 1.48. The Balaban J connectivity index is 2.13. The van der Waals surface area contributed by atoms with Gasteiger partial charge in [-0.1, -0.05) is 0 Å². The molecule has 3 N–H and O–H groups in total. The first-order valence-corrected chi connectivity index (χ1v) is 3.47. The maximum Gasteiger partial charge on any atom is 0.153 e. The zero-order valence-electron chi connectivity index (χ0n) is 5.79. The van der Waals surface area contributed by atoms with Gasteiger partial charge in [0, 0.05) is 19.5 Å². The van der Waals surface area contributed by atoms with Gasteiger partial charge < -0.3 is 20.3 Å². The third kappa shape index (κ3) is 2.62. The fraction of sp³-hybridized carbons (Fsp3) is 1.00. The highest BCUT2D eigenvalue weighted by Crippen LogP contribution is 2.02. The van der Waals surface area contributed by atoms with Crippen molar-refractivity contribution in [3.05, 3.63) is 0 Å². The van der Waals surface area contributed by atoms with Gasteiger partial charge in [-0.2, -0.15) is 0 Å². The average Bonchev–Trinajstić information content (AvgIpc) is 1.88. The molecule has 1 fully saturated rings. The standard InChI is InChI=1S/C6H13NO3/c8-6(9)3-5-4-7-1-2-10-5/h5-9H,1-4H2. The molecule has 0 aliphatic carbocycles. The lowest BCUT2D eigenvalue weighted by Gasteiger charge is -2.23. The first kappa shape index (κ1) is 7.94. The van der Waals surface area contributed by atoms with Crippen molar-refractivity contribution in [2.24, 2.45) is 0 Å². The van der Waals surface area contributed by atoms with Gasteiger partial charge in [-0.3, -0.25) is 0 Å². The zero-order chi connectivity index (χ0) is 7.40. The summed E-state index contributed by atoms with van der Waals surface area (Å²) in [6.45, 7) is 2.24. The fourth-order valence-electron chi connectivity index (χ4n) is 1.01. The van der Waals surface area contributed by atoms with Crippen LogP contribution in [0.1, 0.15) is 6.42 Å². The van der Waals surface area contributed by atoms with Gasteiger partial charge in [0.2, 0.25) is 0 Å². The predicted octanol–water partition coefficient (Wildman–Crippen LogP) is -1.32. The van der Waals surface area contributed by atoms with E-state index in [1.807, 2.05) is 0 Å². The van der Waals surface area contributed by atoms with Crippen molar-refractivity contribution in [1.29, 1.82) is 0 Å². The molecule has 0 bridgehead atoms. The van der Waals surface area contributed by atoms with Crippen LogP contribution in [-0.4, -0.2) is 42.3 Å². The van der Waals surface area contributed by atoms with Crippen molar-refractivity contribution >= 4 is 0 Å². The normalized spacial score (nSPS) is 27.3. The van der Waals surface area contributed by atoms with Crippen molar-refractivity contribution in [2.45, 2.75) is 18.8 Å². The highest BCUT2D eigenvalue weighted by atomic mass is 16.5. The van der Waals surface area contributed by atoms with Gasteiger partial charge in [0.15, 0.2) is 6.29 Å². The molecule has 0 spiro atoms. The van der Waals surface area contributed by atoms with E-state index < -0.39 is 6.29 Å². The summed E-state index contributed by atoms with van der Waals surface area (Å²) in [6.07, 6.45) is -0.980. The molecule has 0 radical (unpaired) electrons. The maximum atomic E-state index is 8.55. The molecule has 1 unspecified atom stereocenters. The highest BCUT2D eigenvalue weighted by Gasteiger charge is 2.15. The van der Waals surface area contributed by atoms with E-state index in [4.69, 9.17) is 14.9 Å². The van der Waals surface area contributed by atoms with Crippen molar-refractivity contribution < 1.29 is 14.9 Å². The Morgan fingerprint density at radius 2 is 2.40 bits per heavy atom. The average molecular weight is 147 g/mol. The Morgan fingerprint density at radius 1 is 1.60 bits per heavy atom. The van der Waals surface area contributed by atoms with Crippen molar-refractivity contribution in [2.75, 3.05) is 19.7 Å². The van der Waals surface area contributed by atoms with Crippen molar-refractivity contribution in [1.82, 2.24) is 5.32 Å². The summed E-state index contributed by atoms with van der Waals surface area (Å²) in [5.41, 5.74) is 0. The minimum Gasteiger partial charge on any atom is -0.375 e. The van der Waals surface area contributed by atoms with E-state index in [9.17, 15) is 0 Å². The molecule has 4 heteroatoms. The molecule has 1 atom stereocenters. The fourth-order valence-corrected chi connectivity index (χ4v) is 1.01. The van der Waals surface area contributed by atoms with Gasteiger partial charge in [0.25, 0.3) is 0 Å². The smallest absolute Gasteiger partial charge is 0.153 e. The van der Waals surface area contributed by atoms with Crippen LogP contribution in [0.2, 0.25) is 0 Å². The van der Waals surface area contributed by atoms with E-state index in [0.717, 1.165) is 13.1 Å². The Hall–Kier alpha value is -0.160. The summed E-state index contributed by atoms with van der Waals surface area (Å²) < 4.78 is 5.21. The summed E-state index contributed by atoms with van der Waals surface area (Å²) in [4.78, 5) is 0. The van der Waals surface area contributed by atoms with Crippen LogP contribution in [0.4, 0.5) is 0 Å². The molecular formula is C6H13NO3. The number of hydrogen-bond acceptors (Lipinski definition) is 4. The van der Waals surface area contributed by atoms with Crippen molar-refractivity contribution in [3.8, 4) is 0 Å². The molecular weight excluding hydrogens is 134 g/mol. The van der Waals surface area contributed by atoms with Gasteiger partial charge in [-0.05, 0) is 0 Å². The van der Waals surface area contributed by atoms with Crippen LogP contribution in [0, 0.1) is 0 Å². The lowest BCUT2D eigenvalue weighted by molar-refractivity contribution is -0.0889. The van der Waals surface area contributed by atoms with Crippen LogP contribution in [0.3, 0.4) is 0 Å². The summed E-state index contributed by atoms with van der Waals surface area (Å²) in [5, 5.41) is 20.2. The molecule has 1 saturated heterocycles. The maximum absolute atomic E-state index is 8.55. The Morgan fingerprint density at radius 3 is 2.90 bits per heavy atom. The summed E-state index contributed by atoms with van der Waals surface area (Å²) in [7, 11) is 0. The minimum atomic E-state index is -1.25. The van der Waals surface area contributed by atoms with E-state index in [-0.39, 0.29) is 6.10 Å². The third-order valence-electron chi connectivity index (χ3n) is 1.48. The van der Waals surface area contributed by atoms with Gasteiger partial charge in [-0.25, -0.2) is 0 Å². The van der Waals surface area contributed by atoms with E-state index in [1.54, 1.807) is 0 Å². The molecule has 60 valence electrons. The molecule has 0 aromatic heterocycles. The first-order chi connectivity index (χ1) is 4.79. The van der Waals surface area contributed by atoms with Gasteiger partial charge in [0.1, 0.15) is 0 Å². The molecule has 1 aliphatic heterocycles. The summed E-state index contributed by atoms with van der Waals surface area (Å²) in [5.74, 6) is 0. The Bertz CT molecular complexity index is 91.0. The zero-order valence-corrected chi connectivity index (χ0v) is 5.79. The highest BCUT2D eigenvalue weighted by molar-refractivity contribution is 4.67. The van der Waals surface area contributed by atoms with Gasteiger partial charge in [-0.15, -0.1) is 0 Å². The van der Waals surface area contributed by atoms with Crippen LogP contribution >= 0.6 is 0 Å². The molecule has 0 aromatic rings. The van der Waals surface area contributed by atoms with Crippen molar-refractivity contribution in [3.63, 3.8) is 0 Å². The molecule has 0 amide bonds. The van der Waals surface area contributed by atoms with Crippen LogP contribution in [0.15, 0.2) is 0 Å². The van der Waals surface area contributed by atoms with Crippen LogP contribution < -0.4 is 5.32 Å². The molecule has 1 rings (SSSR count).